The van der Waals surface area contributed by atoms with Crippen LogP contribution in [0.3, 0.4) is 0 Å². The monoisotopic (exact) mass is 689 g/mol. The van der Waals surface area contributed by atoms with Gasteiger partial charge in [-0.2, -0.15) is 0 Å². The van der Waals surface area contributed by atoms with Gasteiger partial charge in [-0.3, -0.25) is 0 Å². The fourth-order valence-corrected chi connectivity index (χ4v) is 6.23. The lowest BCUT2D eigenvalue weighted by molar-refractivity contribution is -0.227. The van der Waals surface area contributed by atoms with Crippen molar-refractivity contribution in [2.45, 2.75) is 57.1 Å². The van der Waals surface area contributed by atoms with Crippen LogP contribution >= 0.6 is 0 Å². The van der Waals surface area contributed by atoms with E-state index >= 15 is 0 Å². The summed E-state index contributed by atoms with van der Waals surface area (Å²) in [7, 11) is 4.96. The highest BCUT2D eigenvalue weighted by Gasteiger charge is 2.38. The van der Waals surface area contributed by atoms with E-state index in [-0.39, 0.29) is 18.1 Å². The molecular formula is C40H51NO9. The highest BCUT2D eigenvalue weighted by atomic mass is 16.7. The molecule has 0 amide bonds. The standard InChI is InChI=1S/C40H51NO9/c1-28(42)40(48-21-20-43-2)50-38-25-41-24-37(49-26-29-22-31-10-5-7-12-34(31)36(23-29)45-4)39(38)30-14-16-33(17-15-30)47-19-9-18-46-27-32-11-6-8-13-35(32)44-3/h5-8,10-17,22-23,28,37-42H,9,18-21,24-27H2,1-4H3/t28?,37-,38+,39+,40?/m0/s1. The molecule has 1 fully saturated rings. The molecule has 1 saturated heterocycles. The molecule has 4 aromatic rings. The van der Waals surface area contributed by atoms with Crippen LogP contribution in [0.4, 0.5) is 0 Å². The molecule has 270 valence electrons. The van der Waals surface area contributed by atoms with Gasteiger partial charge in [-0.1, -0.05) is 54.6 Å². The van der Waals surface area contributed by atoms with E-state index < -0.39 is 12.4 Å². The van der Waals surface area contributed by atoms with E-state index in [0.29, 0.717) is 52.7 Å². The van der Waals surface area contributed by atoms with Crippen LogP contribution < -0.4 is 19.5 Å². The second kappa shape index (κ2) is 19.6. The molecule has 5 atom stereocenters. The predicted molar refractivity (Wildman–Crippen MR) is 192 cm³/mol. The summed E-state index contributed by atoms with van der Waals surface area (Å²) in [5.41, 5.74) is 3.08. The van der Waals surface area contributed by atoms with E-state index in [4.69, 9.17) is 37.9 Å². The van der Waals surface area contributed by atoms with E-state index in [0.717, 1.165) is 51.1 Å². The number of aliphatic hydroxyl groups is 1. The molecule has 2 unspecified atom stereocenters. The van der Waals surface area contributed by atoms with Gasteiger partial charge in [0.15, 0.2) is 6.29 Å². The Bertz CT molecular complexity index is 1580. The lowest BCUT2D eigenvalue weighted by Crippen LogP contribution is -2.52. The molecule has 10 nitrogen and oxygen atoms in total. The van der Waals surface area contributed by atoms with Crippen molar-refractivity contribution < 1.29 is 43.0 Å². The fourth-order valence-electron chi connectivity index (χ4n) is 6.23. The Kier molecular flexibility index (Phi) is 14.7. The van der Waals surface area contributed by atoms with E-state index in [1.165, 1.54) is 0 Å². The summed E-state index contributed by atoms with van der Waals surface area (Å²) >= 11 is 0. The molecule has 1 aliphatic rings. The van der Waals surface area contributed by atoms with Gasteiger partial charge in [0.2, 0.25) is 0 Å². The molecule has 4 aromatic carbocycles. The summed E-state index contributed by atoms with van der Waals surface area (Å²) in [6.45, 7) is 5.55. The van der Waals surface area contributed by atoms with Crippen molar-refractivity contribution in [2.75, 3.05) is 60.8 Å². The Morgan fingerprint density at radius 2 is 1.54 bits per heavy atom. The van der Waals surface area contributed by atoms with Crippen LogP contribution in [0.15, 0.2) is 84.9 Å². The SMILES string of the molecule is COCCOC(O[C@@H]1CNC[C@H](OCc2cc(OC)c3ccccc3c2)[C@H]1c1ccc(OCCCOCc2ccccc2OC)cc1)C(C)O. The summed E-state index contributed by atoms with van der Waals surface area (Å²) < 4.78 is 47.2. The molecular weight excluding hydrogens is 638 g/mol. The van der Waals surface area contributed by atoms with Crippen LogP contribution in [0, 0.1) is 0 Å². The molecule has 0 radical (unpaired) electrons. The number of benzene rings is 4. The first-order valence-corrected chi connectivity index (χ1v) is 17.2. The van der Waals surface area contributed by atoms with Crippen molar-refractivity contribution in [1.82, 2.24) is 5.32 Å². The Balaban J connectivity index is 1.25. The minimum absolute atomic E-state index is 0.150. The van der Waals surface area contributed by atoms with Gasteiger partial charge in [0.25, 0.3) is 0 Å². The third-order valence-electron chi connectivity index (χ3n) is 8.75. The molecule has 0 saturated carbocycles. The van der Waals surface area contributed by atoms with Crippen molar-refractivity contribution in [3.05, 3.63) is 102 Å². The molecule has 0 spiro atoms. The zero-order chi connectivity index (χ0) is 35.1. The number of ether oxygens (including phenoxy) is 8. The molecule has 50 heavy (non-hydrogen) atoms. The summed E-state index contributed by atoms with van der Waals surface area (Å²) in [6.07, 6.45) is -1.48. The Hall–Kier alpha value is -3.74. The quantitative estimate of drug-likeness (QED) is 0.0865. The number of nitrogens with one attached hydrogen (secondary N) is 1. The lowest BCUT2D eigenvalue weighted by atomic mass is 9.85. The van der Waals surface area contributed by atoms with Gasteiger partial charge in [0, 0.05) is 43.5 Å². The van der Waals surface area contributed by atoms with E-state index in [2.05, 4.69) is 35.6 Å². The first-order valence-electron chi connectivity index (χ1n) is 17.2. The number of hydrogen-bond acceptors (Lipinski definition) is 10. The fraction of sp³-hybridized carbons (Fsp3) is 0.450. The lowest BCUT2D eigenvalue weighted by Gasteiger charge is -2.40. The minimum atomic E-state index is -0.839. The highest BCUT2D eigenvalue weighted by molar-refractivity contribution is 5.89. The second-order valence-electron chi connectivity index (χ2n) is 12.3. The Morgan fingerprint density at radius 1 is 0.780 bits per heavy atom. The number of piperidine rings is 1. The first-order chi connectivity index (χ1) is 24.5. The third-order valence-corrected chi connectivity index (χ3v) is 8.75. The van der Waals surface area contributed by atoms with Crippen molar-refractivity contribution in [3.63, 3.8) is 0 Å². The maximum absolute atomic E-state index is 10.5. The highest BCUT2D eigenvalue weighted by Crippen LogP contribution is 2.34. The summed E-state index contributed by atoms with van der Waals surface area (Å²) in [4.78, 5) is 0. The van der Waals surface area contributed by atoms with Gasteiger partial charge >= 0.3 is 0 Å². The minimum Gasteiger partial charge on any atom is -0.496 e. The van der Waals surface area contributed by atoms with Gasteiger partial charge in [0.05, 0.1) is 66.1 Å². The number of aliphatic hydroxyl groups excluding tert-OH is 1. The summed E-state index contributed by atoms with van der Waals surface area (Å²) in [6, 6.07) is 28.3. The van der Waals surface area contributed by atoms with E-state index in [1.807, 2.05) is 54.6 Å². The maximum Gasteiger partial charge on any atom is 0.183 e. The number of hydrogen-bond donors (Lipinski definition) is 2. The van der Waals surface area contributed by atoms with Crippen LogP contribution in [0.2, 0.25) is 0 Å². The van der Waals surface area contributed by atoms with Gasteiger partial charge < -0.3 is 48.3 Å². The van der Waals surface area contributed by atoms with Crippen molar-refractivity contribution in [3.8, 4) is 17.2 Å². The van der Waals surface area contributed by atoms with Gasteiger partial charge in [0.1, 0.15) is 23.4 Å². The summed E-state index contributed by atoms with van der Waals surface area (Å²) in [5.74, 6) is 2.26. The first kappa shape index (κ1) is 37.5. The van der Waals surface area contributed by atoms with Gasteiger partial charge in [-0.15, -0.1) is 0 Å². The smallest absolute Gasteiger partial charge is 0.183 e. The Labute approximate surface area is 295 Å². The molecule has 0 bridgehead atoms. The number of rotatable bonds is 20. The number of methoxy groups -OCH3 is 3. The largest absolute Gasteiger partial charge is 0.496 e. The molecule has 10 heteroatoms. The topological polar surface area (TPSA) is 106 Å². The van der Waals surface area contributed by atoms with Crippen molar-refractivity contribution >= 4 is 10.8 Å². The zero-order valence-electron chi connectivity index (χ0n) is 29.5. The molecule has 5 rings (SSSR count). The third kappa shape index (κ3) is 10.4. The number of para-hydroxylation sites is 1. The second-order valence-corrected chi connectivity index (χ2v) is 12.3. The van der Waals surface area contributed by atoms with Gasteiger partial charge in [-0.25, -0.2) is 0 Å². The van der Waals surface area contributed by atoms with Crippen LogP contribution in [-0.4, -0.2) is 90.6 Å². The van der Waals surface area contributed by atoms with E-state index in [9.17, 15) is 5.11 Å². The molecule has 1 heterocycles. The Morgan fingerprint density at radius 3 is 2.32 bits per heavy atom. The molecule has 1 aliphatic heterocycles. The van der Waals surface area contributed by atoms with Gasteiger partial charge in [-0.05, 0) is 53.8 Å². The van der Waals surface area contributed by atoms with Crippen LogP contribution in [0.1, 0.15) is 36.0 Å². The van der Waals surface area contributed by atoms with Crippen molar-refractivity contribution in [2.24, 2.45) is 0 Å². The normalized spacial score (nSPS) is 18.9. The average Bonchev–Trinajstić information content (AvgIpc) is 3.15. The predicted octanol–water partition coefficient (Wildman–Crippen LogP) is 5.87. The van der Waals surface area contributed by atoms with E-state index in [1.54, 1.807) is 28.3 Å². The summed E-state index contributed by atoms with van der Waals surface area (Å²) in [5, 5.41) is 16.2. The molecule has 2 N–H and O–H groups in total. The molecule has 0 aliphatic carbocycles. The zero-order valence-corrected chi connectivity index (χ0v) is 29.5. The van der Waals surface area contributed by atoms with Crippen LogP contribution in [-0.2, 0) is 36.9 Å². The van der Waals surface area contributed by atoms with Crippen molar-refractivity contribution in [1.29, 1.82) is 0 Å². The number of fused-ring (bicyclic) bond motifs is 1. The maximum atomic E-state index is 10.5. The van der Waals surface area contributed by atoms with Crippen LogP contribution in [0.25, 0.3) is 10.8 Å². The van der Waals surface area contributed by atoms with Crippen LogP contribution in [0.5, 0.6) is 17.2 Å². The average molecular weight is 690 g/mol. The molecule has 0 aromatic heterocycles.